The summed E-state index contributed by atoms with van der Waals surface area (Å²) in [6, 6.07) is 14.6. The van der Waals surface area contributed by atoms with Gasteiger partial charge in [0.05, 0.1) is 5.56 Å². The van der Waals surface area contributed by atoms with E-state index in [4.69, 9.17) is 4.74 Å². The van der Waals surface area contributed by atoms with E-state index in [2.05, 4.69) is 41.5 Å². The summed E-state index contributed by atoms with van der Waals surface area (Å²) < 4.78 is 5.46. The molecule has 0 saturated carbocycles. The molecule has 24 heavy (non-hydrogen) atoms. The Morgan fingerprint density at radius 2 is 1.75 bits per heavy atom. The van der Waals surface area contributed by atoms with Crippen LogP contribution < -0.4 is 10.1 Å². The van der Waals surface area contributed by atoms with Crippen molar-refractivity contribution in [1.82, 2.24) is 10.2 Å². The van der Waals surface area contributed by atoms with Crippen LogP contribution in [0.25, 0.3) is 11.1 Å². The Kier molecular flexibility index (Phi) is 3.98. The van der Waals surface area contributed by atoms with Crippen LogP contribution in [0.1, 0.15) is 34.7 Å². The number of amides is 1. The van der Waals surface area contributed by atoms with E-state index in [-0.39, 0.29) is 12.6 Å². The Morgan fingerprint density at radius 3 is 2.50 bits per heavy atom. The van der Waals surface area contributed by atoms with Crippen LogP contribution in [0.4, 0.5) is 0 Å². The fourth-order valence-electron chi connectivity index (χ4n) is 3.58. The number of carbonyl (C=O) groups is 1. The van der Waals surface area contributed by atoms with E-state index in [1.165, 1.54) is 31.5 Å². The number of fused-ring (bicyclic) bond motifs is 1. The lowest BCUT2D eigenvalue weighted by molar-refractivity contribution is 0.0883. The van der Waals surface area contributed by atoms with Crippen molar-refractivity contribution in [2.24, 2.45) is 0 Å². The molecule has 4 heteroatoms. The van der Waals surface area contributed by atoms with Crippen molar-refractivity contribution in [1.29, 1.82) is 0 Å². The van der Waals surface area contributed by atoms with E-state index in [0.717, 1.165) is 11.1 Å². The molecule has 4 nitrogen and oxygen atoms in total. The monoisotopic (exact) mass is 322 g/mol. The zero-order valence-corrected chi connectivity index (χ0v) is 13.9. The predicted octanol–water partition coefficient (Wildman–Crippen LogP) is 3.24. The minimum absolute atomic E-state index is 0.0685. The van der Waals surface area contributed by atoms with Gasteiger partial charge in [-0.2, -0.15) is 0 Å². The standard InChI is InChI=1S/C20H22N2O2/c1-22-10-8-16(9-11-22)14-2-4-15(5-3-14)17-6-7-19-18(12-17)20(23)21-13-24-19/h2-7,12,16H,8-11,13H2,1H3,(H,21,23). The van der Waals surface area contributed by atoms with Crippen molar-refractivity contribution < 1.29 is 9.53 Å². The molecule has 1 amide bonds. The Balaban J connectivity index is 1.57. The van der Waals surface area contributed by atoms with E-state index < -0.39 is 0 Å². The lowest BCUT2D eigenvalue weighted by Crippen LogP contribution is -2.32. The highest BCUT2D eigenvalue weighted by Gasteiger charge is 2.20. The minimum atomic E-state index is -0.0685. The molecule has 0 spiro atoms. The molecule has 2 aliphatic heterocycles. The molecule has 0 atom stereocenters. The summed E-state index contributed by atoms with van der Waals surface area (Å²) in [7, 11) is 2.19. The molecule has 2 aromatic carbocycles. The lowest BCUT2D eigenvalue weighted by Gasteiger charge is -2.29. The van der Waals surface area contributed by atoms with Gasteiger partial charge in [0, 0.05) is 0 Å². The van der Waals surface area contributed by atoms with Gasteiger partial charge in [0.2, 0.25) is 0 Å². The first-order valence-electron chi connectivity index (χ1n) is 8.54. The van der Waals surface area contributed by atoms with Crippen LogP contribution in [0.2, 0.25) is 0 Å². The quantitative estimate of drug-likeness (QED) is 0.923. The topological polar surface area (TPSA) is 41.6 Å². The van der Waals surface area contributed by atoms with Crippen LogP contribution >= 0.6 is 0 Å². The molecule has 0 bridgehead atoms. The Bertz CT molecular complexity index is 747. The SMILES string of the molecule is CN1CCC(c2ccc(-c3ccc4c(c3)C(=O)NCO4)cc2)CC1. The smallest absolute Gasteiger partial charge is 0.257 e. The largest absolute Gasteiger partial charge is 0.472 e. The first-order chi connectivity index (χ1) is 11.7. The molecule has 0 radical (unpaired) electrons. The van der Waals surface area contributed by atoms with Crippen molar-refractivity contribution in [3.05, 3.63) is 53.6 Å². The van der Waals surface area contributed by atoms with E-state index in [0.29, 0.717) is 17.2 Å². The summed E-state index contributed by atoms with van der Waals surface area (Å²) in [6.07, 6.45) is 2.46. The molecule has 2 aromatic rings. The number of rotatable bonds is 2. The van der Waals surface area contributed by atoms with Crippen molar-refractivity contribution >= 4 is 5.91 Å². The molecule has 0 aliphatic carbocycles. The van der Waals surface area contributed by atoms with Crippen LogP contribution in [0.3, 0.4) is 0 Å². The van der Waals surface area contributed by atoms with Gasteiger partial charge in [-0.3, -0.25) is 4.79 Å². The van der Waals surface area contributed by atoms with Crippen molar-refractivity contribution in [3.63, 3.8) is 0 Å². The van der Waals surface area contributed by atoms with Crippen LogP contribution in [0.5, 0.6) is 5.75 Å². The maximum absolute atomic E-state index is 12.0. The van der Waals surface area contributed by atoms with Gasteiger partial charge in [-0.15, -0.1) is 0 Å². The Hall–Kier alpha value is -2.33. The summed E-state index contributed by atoms with van der Waals surface area (Å²) in [4.78, 5) is 14.4. The zero-order valence-electron chi connectivity index (χ0n) is 13.9. The molecule has 124 valence electrons. The van der Waals surface area contributed by atoms with Gasteiger partial charge in [-0.1, -0.05) is 30.3 Å². The highest BCUT2D eigenvalue weighted by molar-refractivity contribution is 5.98. The van der Waals surface area contributed by atoms with E-state index in [9.17, 15) is 4.79 Å². The van der Waals surface area contributed by atoms with Gasteiger partial charge in [-0.25, -0.2) is 0 Å². The molecule has 2 heterocycles. The van der Waals surface area contributed by atoms with E-state index in [1.807, 2.05) is 18.2 Å². The first kappa shape index (κ1) is 15.2. The fourth-order valence-corrected chi connectivity index (χ4v) is 3.58. The number of nitrogens with zero attached hydrogens (tertiary/aromatic N) is 1. The Labute approximate surface area is 142 Å². The van der Waals surface area contributed by atoms with Gasteiger partial charge in [0.1, 0.15) is 5.75 Å². The average molecular weight is 322 g/mol. The molecular formula is C20H22N2O2. The minimum Gasteiger partial charge on any atom is -0.472 e. The van der Waals surface area contributed by atoms with E-state index in [1.54, 1.807) is 0 Å². The van der Waals surface area contributed by atoms with Crippen molar-refractivity contribution in [3.8, 4) is 16.9 Å². The summed E-state index contributed by atoms with van der Waals surface area (Å²) in [5, 5.41) is 2.71. The number of nitrogens with one attached hydrogen (secondary N) is 1. The normalized spacial score (nSPS) is 18.6. The third-order valence-electron chi connectivity index (χ3n) is 5.12. The number of hydrogen-bond donors (Lipinski definition) is 1. The zero-order chi connectivity index (χ0) is 16.5. The van der Waals surface area contributed by atoms with Crippen LogP contribution in [0.15, 0.2) is 42.5 Å². The Morgan fingerprint density at radius 1 is 1.04 bits per heavy atom. The molecule has 2 aliphatic rings. The van der Waals surface area contributed by atoms with Gasteiger partial charge < -0.3 is 15.0 Å². The summed E-state index contributed by atoms with van der Waals surface area (Å²) in [6.45, 7) is 2.59. The average Bonchev–Trinajstić information content (AvgIpc) is 2.63. The number of hydrogen-bond acceptors (Lipinski definition) is 3. The number of likely N-dealkylation sites (tertiary alicyclic amines) is 1. The molecule has 1 saturated heterocycles. The van der Waals surface area contributed by atoms with E-state index >= 15 is 0 Å². The van der Waals surface area contributed by atoms with Crippen LogP contribution in [-0.4, -0.2) is 37.7 Å². The van der Waals surface area contributed by atoms with Gasteiger partial charge in [-0.05, 0) is 67.7 Å². The molecular weight excluding hydrogens is 300 g/mol. The summed E-state index contributed by atoms with van der Waals surface area (Å²) in [5.74, 6) is 1.25. The highest BCUT2D eigenvalue weighted by Crippen LogP contribution is 2.31. The maximum atomic E-state index is 12.0. The third-order valence-corrected chi connectivity index (χ3v) is 5.12. The highest BCUT2D eigenvalue weighted by atomic mass is 16.5. The van der Waals surface area contributed by atoms with Gasteiger partial charge in [0.15, 0.2) is 6.73 Å². The van der Waals surface area contributed by atoms with Crippen LogP contribution in [0, 0.1) is 0 Å². The van der Waals surface area contributed by atoms with Gasteiger partial charge >= 0.3 is 0 Å². The van der Waals surface area contributed by atoms with Crippen molar-refractivity contribution in [2.45, 2.75) is 18.8 Å². The number of piperidine rings is 1. The fraction of sp³-hybridized carbons (Fsp3) is 0.350. The molecule has 4 rings (SSSR count). The predicted molar refractivity (Wildman–Crippen MR) is 94.3 cm³/mol. The number of benzene rings is 2. The lowest BCUT2D eigenvalue weighted by atomic mass is 9.88. The number of carbonyl (C=O) groups excluding carboxylic acids is 1. The summed E-state index contributed by atoms with van der Waals surface area (Å²) >= 11 is 0. The molecule has 0 unspecified atom stereocenters. The second kappa shape index (κ2) is 6.29. The molecule has 1 fully saturated rings. The molecule has 1 N–H and O–H groups in total. The third kappa shape index (κ3) is 2.89. The van der Waals surface area contributed by atoms with Crippen LogP contribution in [-0.2, 0) is 0 Å². The number of ether oxygens (including phenoxy) is 1. The van der Waals surface area contributed by atoms with Crippen molar-refractivity contribution in [2.75, 3.05) is 26.9 Å². The van der Waals surface area contributed by atoms with Gasteiger partial charge in [0.25, 0.3) is 5.91 Å². The second-order valence-corrected chi connectivity index (χ2v) is 6.71. The molecule has 0 aromatic heterocycles. The second-order valence-electron chi connectivity index (χ2n) is 6.71. The first-order valence-corrected chi connectivity index (χ1v) is 8.54. The summed E-state index contributed by atoms with van der Waals surface area (Å²) in [5.41, 5.74) is 4.21. The maximum Gasteiger partial charge on any atom is 0.257 e.